The van der Waals surface area contributed by atoms with Gasteiger partial charge in [0.2, 0.25) is 5.90 Å². The molecule has 2 nitrogen and oxygen atoms in total. The van der Waals surface area contributed by atoms with Crippen LogP contribution < -0.4 is 27.2 Å². The van der Waals surface area contributed by atoms with E-state index in [0.29, 0.717) is 6.61 Å². The van der Waals surface area contributed by atoms with Crippen LogP contribution >= 0.6 is 7.92 Å². The van der Waals surface area contributed by atoms with Crippen LogP contribution in [0.15, 0.2) is 102 Å². The average Bonchev–Trinajstić information content (AvgIpc) is 0.782. The summed E-state index contributed by atoms with van der Waals surface area (Å²) in [5, 5.41) is 1.60. The van der Waals surface area contributed by atoms with Gasteiger partial charge in [-0.15, -0.1) is 0 Å². The Hall–Kier alpha value is -4.97. The molecule has 0 N–H and O–H groups in total. The molecule has 5 radical (unpaired) electrons. The normalized spacial score (nSPS) is 17.9. The summed E-state index contributed by atoms with van der Waals surface area (Å²) in [7, 11) is -0.121. The van der Waals surface area contributed by atoms with Crippen molar-refractivity contribution in [3.63, 3.8) is 0 Å². The number of benzene rings is 5. The maximum absolute atomic E-state index is 14.2. The molecule has 92 heavy (non-hydrogen) atoms. The Morgan fingerprint density at radius 2 is 0.630 bits per heavy atom. The summed E-state index contributed by atoms with van der Waals surface area (Å²) in [6.07, 6.45) is -26.4. The van der Waals surface area contributed by atoms with Gasteiger partial charge in [-0.25, -0.2) is 4.99 Å². The summed E-state index contributed by atoms with van der Waals surface area (Å²) in [6.45, 7) is 5.06. The third kappa shape index (κ3) is 19.2. The molecule has 5 aromatic rings. The predicted molar refractivity (Wildman–Crippen MR) is 299 cm³/mol. The summed E-state index contributed by atoms with van der Waals surface area (Å²) in [4.78, 5) is 4.93. The van der Waals surface area contributed by atoms with E-state index in [-0.39, 0.29) is 33.6 Å². The number of halogens is 24. The Morgan fingerprint density at radius 3 is 0.859 bits per heavy atom. The number of hydrogen-bond donors (Lipinski definition) is 0. The van der Waals surface area contributed by atoms with Crippen LogP contribution in [0.1, 0.15) is 154 Å². The first-order valence-corrected chi connectivity index (χ1v) is 30.1. The summed E-state index contributed by atoms with van der Waals surface area (Å²) in [5.41, 5.74) is -27.2. The minimum Gasteiger partial charge on any atom is -0.475 e. The molecule has 1 heterocycles. The number of rotatable bonds is 8. The zero-order valence-electron chi connectivity index (χ0n) is 48.6. The molecule has 507 valence electrons. The van der Waals surface area contributed by atoms with Crippen LogP contribution in [0.2, 0.25) is 0 Å². The smallest absolute Gasteiger partial charge is 0.416 e. The van der Waals surface area contributed by atoms with Gasteiger partial charge in [-0.1, -0.05) is 113 Å². The fourth-order valence-corrected chi connectivity index (χ4v) is 15.9. The van der Waals surface area contributed by atoms with Crippen LogP contribution in [0.25, 0.3) is 0 Å². The van der Waals surface area contributed by atoms with Crippen molar-refractivity contribution < 1.29 is 130 Å². The van der Waals surface area contributed by atoms with E-state index in [0.717, 1.165) is 17.2 Å². The maximum Gasteiger partial charge on any atom is 0.416 e. The molecule has 5 aromatic carbocycles. The van der Waals surface area contributed by atoms with Crippen molar-refractivity contribution in [1.29, 1.82) is 0 Å². The number of alkyl halides is 24. The molecule has 29 heteroatoms. The largest absolute Gasteiger partial charge is 0.475 e. The van der Waals surface area contributed by atoms with E-state index in [1.165, 1.54) is 95.5 Å². The quantitative estimate of drug-likeness (QED) is 0.0862. The van der Waals surface area contributed by atoms with Gasteiger partial charge in [0.1, 0.15) is 12.8 Å². The number of aliphatic imine (C=N–C) groups is 1. The molecule has 0 spiro atoms. The number of hydrogen-bond acceptors (Lipinski definition) is 2. The fourth-order valence-electron chi connectivity index (χ4n) is 11.9. The molecule has 0 saturated heterocycles. The van der Waals surface area contributed by atoms with Crippen molar-refractivity contribution in [3.05, 3.63) is 173 Å². The molecule has 0 amide bonds. The van der Waals surface area contributed by atoms with Crippen LogP contribution in [0.5, 0.6) is 0 Å². The molecule has 3 aliphatic carbocycles. The fraction of sp³-hybridized carbons (Fsp3) is 0.444. The third-order valence-electron chi connectivity index (χ3n) is 16.1. The molecule has 0 atom stereocenters. The minimum absolute atomic E-state index is 0. The summed E-state index contributed by atoms with van der Waals surface area (Å²) < 4.78 is 347. The molecule has 9 rings (SSSR count). The molecular formula is C63H58BF24IrNOP-. The Morgan fingerprint density at radius 1 is 0.380 bits per heavy atom. The van der Waals surface area contributed by atoms with Crippen molar-refractivity contribution in [1.82, 2.24) is 0 Å². The average molecular weight is 1540 g/mol. The van der Waals surface area contributed by atoms with Gasteiger partial charge in [-0.2, -0.15) is 127 Å². The Labute approximate surface area is 529 Å². The molecule has 3 saturated carbocycles. The Bertz CT molecular complexity index is 2830. The predicted octanol–water partition coefficient (Wildman–Crippen LogP) is 19.6. The third-order valence-corrected chi connectivity index (χ3v) is 19.6. The zero-order chi connectivity index (χ0) is 67.6. The minimum atomic E-state index is -6.13. The maximum atomic E-state index is 14.2. The van der Waals surface area contributed by atoms with E-state index in [1.807, 2.05) is 0 Å². The molecule has 0 bridgehead atoms. The second-order valence-corrected chi connectivity index (χ2v) is 26.1. The van der Waals surface area contributed by atoms with Gasteiger partial charge in [0.15, 0.2) is 0 Å². The van der Waals surface area contributed by atoms with E-state index >= 15 is 0 Å². The zero-order valence-corrected chi connectivity index (χ0v) is 51.9. The number of ether oxygens (including phenoxy) is 1. The summed E-state index contributed by atoms with van der Waals surface area (Å²) in [5.74, 6) is 0.907. The summed E-state index contributed by atoms with van der Waals surface area (Å²) in [6, 6.07) is 0.305. The van der Waals surface area contributed by atoms with Gasteiger partial charge >= 0.3 is 49.4 Å². The second kappa shape index (κ2) is 29.2. The molecule has 3 fully saturated rings. The first-order chi connectivity index (χ1) is 41.9. The van der Waals surface area contributed by atoms with Crippen molar-refractivity contribution in [2.45, 2.75) is 170 Å². The van der Waals surface area contributed by atoms with Crippen LogP contribution in [-0.2, 0) is 74.3 Å². The van der Waals surface area contributed by atoms with Crippen molar-refractivity contribution in [2.24, 2.45) is 4.99 Å². The van der Waals surface area contributed by atoms with Gasteiger partial charge in [0.05, 0.1) is 50.0 Å². The van der Waals surface area contributed by atoms with Crippen molar-refractivity contribution in [3.8, 4) is 0 Å². The van der Waals surface area contributed by atoms with Crippen LogP contribution in [0, 0.1) is 25.7 Å². The number of nitrogens with zero attached hydrogens (tertiary/aromatic N) is 1. The van der Waals surface area contributed by atoms with Crippen LogP contribution in [0.3, 0.4) is 0 Å². The molecule has 0 aromatic heterocycles. The van der Waals surface area contributed by atoms with E-state index in [1.54, 1.807) is 5.30 Å². The van der Waals surface area contributed by atoms with E-state index < -0.39 is 195 Å². The molecule has 1 aliphatic heterocycles. The van der Waals surface area contributed by atoms with Crippen molar-refractivity contribution in [2.75, 3.05) is 6.61 Å². The topological polar surface area (TPSA) is 21.6 Å². The first-order valence-electron chi connectivity index (χ1n) is 28.7. The van der Waals surface area contributed by atoms with Gasteiger partial charge in [0, 0.05) is 25.7 Å². The van der Waals surface area contributed by atoms with Gasteiger partial charge < -0.3 is 4.74 Å². The SMILES string of the molecule is CC1(C)COC(c2ccccc2P(C2CCCCC2)C2CCCCC2)=N1.FC(F)(F)c1cc([B-](c2cc(C(F)(F)F)cc(C(F)(F)F)c2)(c2cc(C(F)(F)F)cc(C(F)(F)F)c2)c2cc(C(F)(F)F)cc(C(F)(F)F)c2)cc(C(F)(F)F)c1.[CH]1[CH]CC[CH][CH]CC1.[Ir]. The molecule has 4 aliphatic rings. The van der Waals surface area contributed by atoms with Crippen molar-refractivity contribution >= 4 is 47.1 Å². The van der Waals surface area contributed by atoms with E-state index in [2.05, 4.69) is 63.8 Å². The molecular weight excluding hydrogens is 1480 g/mol. The van der Waals surface area contributed by atoms with Gasteiger partial charge in [0.25, 0.3) is 0 Å². The van der Waals surface area contributed by atoms with E-state index in [9.17, 15) is 105 Å². The molecule has 0 unspecified atom stereocenters. The van der Waals surface area contributed by atoms with E-state index in [4.69, 9.17) is 9.73 Å². The van der Waals surface area contributed by atoms with Gasteiger partial charge in [-0.05, 0) is 138 Å². The monoisotopic (exact) mass is 1540 g/mol. The Balaban J connectivity index is 0.000000312. The Kier molecular flexibility index (Phi) is 24.1. The van der Waals surface area contributed by atoms with Gasteiger partial charge in [-0.3, -0.25) is 0 Å². The standard InChI is InChI=1S/C32H12BF24.C23H34NOP.C8H12.Ir/c34-25(35,36)13-1-14(26(37,38)39)6-21(5-13)33(22-7-15(27(40,41)42)2-16(8-22)28(43,44)45,23-9-17(29(46,47)48)3-18(10-23)30(49,50)51)24-11-19(31(52,53)54)4-20(12-24)32(55,56)57;1-23(2)17-25-22(24-23)20-15-9-10-16-21(20)26(18-11-5-3-6-12-18)19-13-7-4-8-14-19;1-2-4-6-8-7-5-3-1;/h1-12H;9-10,15-16,18-19H,3-8,11-14,17H2,1-2H3;1-2,7-8H,3-6H2;/q-1;;;. The first kappa shape index (κ1) is 76.1. The van der Waals surface area contributed by atoms with Crippen LogP contribution in [-0.4, -0.2) is 35.5 Å². The second-order valence-electron chi connectivity index (χ2n) is 23.3. The van der Waals surface area contributed by atoms with Crippen LogP contribution in [0.4, 0.5) is 105 Å². The summed E-state index contributed by atoms with van der Waals surface area (Å²) >= 11 is 0.